The summed E-state index contributed by atoms with van der Waals surface area (Å²) in [6.45, 7) is 4.33. The van der Waals surface area contributed by atoms with E-state index >= 15 is 0 Å². The minimum Gasteiger partial charge on any atom is -0.368 e. The minimum atomic E-state index is -0.0169. The van der Waals surface area contributed by atoms with Crippen molar-refractivity contribution in [2.45, 2.75) is 6.92 Å². The molecule has 0 saturated carbocycles. The van der Waals surface area contributed by atoms with Crippen molar-refractivity contribution in [1.29, 1.82) is 0 Å². The van der Waals surface area contributed by atoms with Crippen LogP contribution < -0.4 is 4.90 Å². The largest absolute Gasteiger partial charge is 0.368 e. The molecule has 2 aromatic carbocycles. The Morgan fingerprint density at radius 1 is 0.862 bits per heavy atom. The Balaban J connectivity index is 1.39. The average Bonchev–Trinajstić information content (AvgIpc) is 3.24. The van der Waals surface area contributed by atoms with E-state index in [9.17, 15) is 9.59 Å². The first-order valence-electron chi connectivity index (χ1n) is 9.47. The number of hydrogen-bond donors (Lipinski definition) is 0. The fourth-order valence-corrected chi connectivity index (χ4v) is 3.55. The van der Waals surface area contributed by atoms with Gasteiger partial charge in [0.15, 0.2) is 5.78 Å². The number of anilines is 1. The fraction of sp³-hybridized carbons (Fsp3) is 0.227. The molecule has 0 radical (unpaired) electrons. The first-order chi connectivity index (χ1) is 14.0. The zero-order valence-electron chi connectivity index (χ0n) is 16.1. The van der Waals surface area contributed by atoms with Crippen molar-refractivity contribution in [3.8, 4) is 5.69 Å². The summed E-state index contributed by atoms with van der Waals surface area (Å²) in [5.41, 5.74) is 3.20. The van der Waals surface area contributed by atoms with Gasteiger partial charge < -0.3 is 9.80 Å². The van der Waals surface area contributed by atoms with Crippen molar-refractivity contribution in [2.24, 2.45) is 0 Å². The van der Waals surface area contributed by atoms with Crippen molar-refractivity contribution in [3.05, 3.63) is 77.1 Å². The zero-order chi connectivity index (χ0) is 20.4. The number of halogens is 1. The maximum atomic E-state index is 12.9. The van der Waals surface area contributed by atoms with Crippen LogP contribution in [0.3, 0.4) is 0 Å². The van der Waals surface area contributed by atoms with Crippen LogP contribution in [0.1, 0.15) is 27.6 Å². The highest BCUT2D eigenvalue weighted by atomic mass is 35.5. The molecular weight excluding hydrogens is 388 g/mol. The van der Waals surface area contributed by atoms with Crippen LogP contribution in [0.5, 0.6) is 0 Å². The molecule has 0 bridgehead atoms. The molecule has 148 valence electrons. The number of benzene rings is 2. The second kappa shape index (κ2) is 8.09. The Labute approximate surface area is 174 Å². The summed E-state index contributed by atoms with van der Waals surface area (Å²) >= 11 is 5.92. The Morgan fingerprint density at radius 3 is 2.10 bits per heavy atom. The topological polar surface area (TPSA) is 58.4 Å². The van der Waals surface area contributed by atoms with E-state index in [2.05, 4.69) is 10.00 Å². The molecule has 2 heterocycles. The number of Topliss-reactive ketones (excluding diaryl/α,β-unsaturated/α-hetero) is 1. The highest BCUT2D eigenvalue weighted by Gasteiger charge is 2.23. The summed E-state index contributed by atoms with van der Waals surface area (Å²) < 4.78 is 1.68. The molecule has 0 N–H and O–H groups in total. The van der Waals surface area contributed by atoms with E-state index in [0.717, 1.165) is 24.5 Å². The lowest BCUT2D eigenvalue weighted by molar-refractivity contribution is 0.0746. The molecule has 0 atom stereocenters. The molecule has 1 aliphatic rings. The Kier molecular flexibility index (Phi) is 5.36. The minimum absolute atomic E-state index is 0.0169. The maximum Gasteiger partial charge on any atom is 0.257 e. The molecule has 1 saturated heterocycles. The third-order valence-corrected chi connectivity index (χ3v) is 5.38. The number of aromatic nitrogens is 2. The van der Waals surface area contributed by atoms with Gasteiger partial charge in [0, 0.05) is 48.6 Å². The van der Waals surface area contributed by atoms with Gasteiger partial charge in [0.05, 0.1) is 17.4 Å². The van der Waals surface area contributed by atoms with Gasteiger partial charge in [-0.25, -0.2) is 4.68 Å². The molecular formula is C22H21ClN4O2. The van der Waals surface area contributed by atoms with Crippen LogP contribution in [0.2, 0.25) is 5.02 Å². The van der Waals surface area contributed by atoms with Crippen LogP contribution in [0.15, 0.2) is 60.9 Å². The number of piperazine rings is 1. The molecule has 1 aliphatic heterocycles. The summed E-state index contributed by atoms with van der Waals surface area (Å²) in [6.07, 6.45) is 3.35. The number of hydrogen-bond acceptors (Lipinski definition) is 4. The van der Waals surface area contributed by atoms with Crippen molar-refractivity contribution in [1.82, 2.24) is 14.7 Å². The second-order valence-corrected chi connectivity index (χ2v) is 7.47. The lowest BCUT2D eigenvalue weighted by Crippen LogP contribution is -2.48. The second-order valence-electron chi connectivity index (χ2n) is 7.03. The van der Waals surface area contributed by atoms with Crippen LogP contribution in [0.25, 0.3) is 5.69 Å². The standard InChI is InChI=1S/C22H21ClN4O2/c1-16(28)17-2-6-20(7-3-17)25-10-12-26(13-11-25)22(29)18-14-24-27(15-18)21-8-4-19(23)5-9-21/h2-9,14-15H,10-13H2,1H3. The van der Waals surface area contributed by atoms with Crippen molar-refractivity contribution in [2.75, 3.05) is 31.1 Å². The normalized spacial score (nSPS) is 14.1. The van der Waals surface area contributed by atoms with Crippen LogP contribution in [-0.2, 0) is 0 Å². The molecule has 0 spiro atoms. The van der Waals surface area contributed by atoms with E-state index in [0.29, 0.717) is 29.2 Å². The third kappa shape index (κ3) is 4.17. The number of amides is 1. The van der Waals surface area contributed by atoms with Crippen LogP contribution in [0.4, 0.5) is 5.69 Å². The predicted molar refractivity (Wildman–Crippen MR) is 113 cm³/mol. The van der Waals surface area contributed by atoms with Crippen molar-refractivity contribution in [3.63, 3.8) is 0 Å². The van der Waals surface area contributed by atoms with Crippen LogP contribution in [-0.4, -0.2) is 52.5 Å². The van der Waals surface area contributed by atoms with Gasteiger partial charge in [-0.1, -0.05) is 11.6 Å². The summed E-state index contributed by atoms with van der Waals surface area (Å²) in [6, 6.07) is 14.9. The summed E-state index contributed by atoms with van der Waals surface area (Å²) in [5.74, 6) is 0.0444. The van der Waals surface area contributed by atoms with E-state index in [-0.39, 0.29) is 11.7 Å². The molecule has 6 nitrogen and oxygen atoms in total. The Bertz CT molecular complexity index is 1020. The van der Waals surface area contributed by atoms with Gasteiger partial charge in [-0.2, -0.15) is 5.10 Å². The lowest BCUT2D eigenvalue weighted by Gasteiger charge is -2.36. The molecule has 1 aromatic heterocycles. The van der Waals surface area contributed by atoms with Crippen molar-refractivity contribution < 1.29 is 9.59 Å². The van der Waals surface area contributed by atoms with Crippen LogP contribution >= 0.6 is 11.6 Å². The van der Waals surface area contributed by atoms with E-state index < -0.39 is 0 Å². The predicted octanol–water partition coefficient (Wildman–Crippen LogP) is 3.69. The van der Waals surface area contributed by atoms with E-state index in [4.69, 9.17) is 11.6 Å². The van der Waals surface area contributed by atoms with E-state index in [1.165, 1.54) is 0 Å². The van der Waals surface area contributed by atoms with Gasteiger partial charge in [-0.3, -0.25) is 9.59 Å². The SMILES string of the molecule is CC(=O)c1ccc(N2CCN(C(=O)c3cnn(-c4ccc(Cl)cc4)c3)CC2)cc1. The number of carbonyl (C=O) groups is 2. The zero-order valence-corrected chi connectivity index (χ0v) is 16.8. The smallest absolute Gasteiger partial charge is 0.257 e. The van der Waals surface area contributed by atoms with Gasteiger partial charge in [0.2, 0.25) is 0 Å². The van der Waals surface area contributed by atoms with Gasteiger partial charge in [-0.05, 0) is 55.5 Å². The van der Waals surface area contributed by atoms with E-state index in [1.54, 1.807) is 36.1 Å². The third-order valence-electron chi connectivity index (χ3n) is 5.13. The average molecular weight is 409 g/mol. The molecule has 4 rings (SSSR count). The van der Waals surface area contributed by atoms with Gasteiger partial charge in [0.25, 0.3) is 5.91 Å². The highest BCUT2D eigenvalue weighted by molar-refractivity contribution is 6.30. The van der Waals surface area contributed by atoms with Gasteiger partial charge in [0.1, 0.15) is 0 Å². The quantitative estimate of drug-likeness (QED) is 0.618. The van der Waals surface area contributed by atoms with E-state index in [1.807, 2.05) is 41.3 Å². The molecule has 1 amide bonds. The highest BCUT2D eigenvalue weighted by Crippen LogP contribution is 2.19. The van der Waals surface area contributed by atoms with Crippen molar-refractivity contribution >= 4 is 29.0 Å². The molecule has 29 heavy (non-hydrogen) atoms. The summed E-state index contributed by atoms with van der Waals surface area (Å²) in [4.78, 5) is 28.4. The lowest BCUT2D eigenvalue weighted by atomic mass is 10.1. The number of carbonyl (C=O) groups excluding carboxylic acids is 2. The fourth-order valence-electron chi connectivity index (χ4n) is 3.43. The molecule has 1 fully saturated rings. The Morgan fingerprint density at radius 2 is 1.48 bits per heavy atom. The monoisotopic (exact) mass is 408 g/mol. The number of ketones is 1. The molecule has 0 unspecified atom stereocenters. The first-order valence-corrected chi connectivity index (χ1v) is 9.85. The Hall–Kier alpha value is -3.12. The number of rotatable bonds is 4. The molecule has 0 aliphatic carbocycles. The number of nitrogens with zero attached hydrogens (tertiary/aromatic N) is 4. The van der Waals surface area contributed by atoms with Crippen LogP contribution in [0, 0.1) is 0 Å². The van der Waals surface area contributed by atoms with Gasteiger partial charge in [-0.15, -0.1) is 0 Å². The molecule has 7 heteroatoms. The summed E-state index contributed by atoms with van der Waals surface area (Å²) in [5, 5.41) is 4.96. The maximum absolute atomic E-state index is 12.9. The molecule has 3 aromatic rings. The summed E-state index contributed by atoms with van der Waals surface area (Å²) in [7, 11) is 0. The first kappa shape index (κ1) is 19.2. The van der Waals surface area contributed by atoms with Gasteiger partial charge >= 0.3 is 0 Å².